The Labute approximate surface area is 90.9 Å². The lowest BCUT2D eigenvalue weighted by Gasteiger charge is -1.71. The monoisotopic (exact) mass is 229 g/mol. The zero-order valence-electron chi connectivity index (χ0n) is 9.03. The lowest BCUT2D eigenvalue weighted by Crippen LogP contribution is -1.89. The smallest absolute Gasteiger partial charge is 0.303 e. The van der Waals surface area contributed by atoms with Gasteiger partial charge in [-0.05, 0) is 14.1 Å². The van der Waals surface area contributed by atoms with Gasteiger partial charge in [-0.25, -0.2) is 0 Å². The summed E-state index contributed by atoms with van der Waals surface area (Å²) in [4.78, 5) is 18.7. The molecule has 0 saturated heterocycles. The summed E-state index contributed by atoms with van der Waals surface area (Å²) >= 11 is 0. The maximum absolute atomic E-state index is 9.37. The van der Waals surface area contributed by atoms with Crippen molar-refractivity contribution < 1.29 is 19.8 Å². The highest BCUT2D eigenvalue weighted by Gasteiger charge is 1.81. The molecule has 0 radical (unpaired) electrons. The van der Waals surface area contributed by atoms with Crippen molar-refractivity contribution in [1.29, 1.82) is 0 Å². The number of carboxylic acids is 2. The minimum Gasteiger partial charge on any atom is -0.481 e. The molecule has 0 amide bonds. The largest absolute Gasteiger partial charge is 0.481 e. The molecule has 0 rings (SSSR count). The van der Waals surface area contributed by atoms with Crippen LogP contribution in [0.2, 0.25) is 0 Å². The van der Waals surface area contributed by atoms with E-state index in [1.54, 1.807) is 13.8 Å². The van der Waals surface area contributed by atoms with E-state index in [0.29, 0.717) is 0 Å². The van der Waals surface area contributed by atoms with Crippen molar-refractivity contribution in [3.05, 3.63) is 0 Å². The van der Waals surface area contributed by atoms with E-state index in [0.717, 1.165) is 0 Å². The zero-order valence-corrected chi connectivity index (χ0v) is 9.85. The molecule has 0 aliphatic heterocycles. The van der Waals surface area contributed by atoms with Crippen molar-refractivity contribution in [2.75, 3.05) is 14.1 Å². The number of rotatable bonds is 2. The van der Waals surface area contributed by atoms with E-state index < -0.39 is 11.9 Å². The van der Waals surface area contributed by atoms with E-state index in [4.69, 9.17) is 10.2 Å². The topological polar surface area (TPSA) is 86.6 Å². The molecule has 0 saturated carbocycles. The number of hydrogen-bond donors (Lipinski definition) is 3. The normalized spacial score (nSPS) is 6.57. The van der Waals surface area contributed by atoms with E-state index >= 15 is 0 Å². The van der Waals surface area contributed by atoms with Gasteiger partial charge in [-0.3, -0.25) is 9.59 Å². The standard InChI is InChI=1S/2C3H6O2.C2H7N.ClH/c2*1-2-3(4)5;1-3-2;/h2*2H2,1H3,(H,4,5);3H,1-2H3;1H. The van der Waals surface area contributed by atoms with Crippen molar-refractivity contribution in [3.8, 4) is 0 Å². The summed E-state index contributed by atoms with van der Waals surface area (Å²) in [6.07, 6.45) is 0.444. The highest BCUT2D eigenvalue weighted by molar-refractivity contribution is 5.85. The summed E-state index contributed by atoms with van der Waals surface area (Å²) in [6, 6.07) is 0. The molecule has 0 aliphatic rings. The van der Waals surface area contributed by atoms with E-state index in [1.165, 1.54) is 0 Å². The summed E-state index contributed by atoms with van der Waals surface area (Å²) in [7, 11) is 3.75. The molecule has 6 heteroatoms. The lowest BCUT2D eigenvalue weighted by atomic mass is 10.5. The molecule has 88 valence electrons. The van der Waals surface area contributed by atoms with Crippen LogP contribution >= 0.6 is 12.4 Å². The number of carboxylic acid groups (broad SMARTS) is 2. The van der Waals surface area contributed by atoms with Gasteiger partial charge in [-0.15, -0.1) is 12.4 Å². The second-order valence-electron chi connectivity index (χ2n) is 1.99. The Morgan fingerprint density at radius 1 is 1.00 bits per heavy atom. The molecular weight excluding hydrogens is 210 g/mol. The number of aliphatic carboxylic acids is 2. The predicted octanol–water partition coefficient (Wildman–Crippen LogP) is 1.22. The molecule has 0 unspecified atom stereocenters. The molecule has 0 fully saturated rings. The Morgan fingerprint density at radius 3 is 1.07 bits per heavy atom. The zero-order chi connectivity index (χ0) is 11.3. The third-order valence-electron chi connectivity index (χ3n) is 0.605. The van der Waals surface area contributed by atoms with E-state index in [9.17, 15) is 9.59 Å². The fraction of sp³-hybridized carbons (Fsp3) is 0.750. The molecule has 5 nitrogen and oxygen atoms in total. The van der Waals surface area contributed by atoms with Gasteiger partial charge in [0.05, 0.1) is 0 Å². The van der Waals surface area contributed by atoms with E-state index in [1.807, 2.05) is 14.1 Å². The molecule has 0 aromatic heterocycles. The molecule has 14 heavy (non-hydrogen) atoms. The molecule has 0 spiro atoms. The van der Waals surface area contributed by atoms with Crippen molar-refractivity contribution in [2.24, 2.45) is 0 Å². The third-order valence-corrected chi connectivity index (χ3v) is 0.605. The van der Waals surface area contributed by atoms with Crippen LogP contribution < -0.4 is 5.32 Å². The second-order valence-corrected chi connectivity index (χ2v) is 1.99. The number of nitrogens with one attached hydrogen (secondary N) is 1. The summed E-state index contributed by atoms with van der Waals surface area (Å²) in [6.45, 7) is 3.20. The van der Waals surface area contributed by atoms with Crippen LogP contribution in [0.4, 0.5) is 0 Å². The molecule has 0 bridgehead atoms. The van der Waals surface area contributed by atoms with Crippen LogP contribution in [-0.4, -0.2) is 36.2 Å². The summed E-state index contributed by atoms with van der Waals surface area (Å²) < 4.78 is 0. The number of hydrogen-bond acceptors (Lipinski definition) is 3. The van der Waals surface area contributed by atoms with Crippen molar-refractivity contribution in [3.63, 3.8) is 0 Å². The quantitative estimate of drug-likeness (QED) is 0.663. The molecule has 0 aromatic carbocycles. The molecule has 0 atom stereocenters. The minimum absolute atomic E-state index is 0. The Morgan fingerprint density at radius 2 is 1.07 bits per heavy atom. The first-order chi connectivity index (χ1) is 5.95. The third kappa shape index (κ3) is 114. The summed E-state index contributed by atoms with van der Waals surface area (Å²) in [5.74, 6) is -1.49. The second kappa shape index (κ2) is 22.8. The van der Waals surface area contributed by atoms with Crippen molar-refractivity contribution in [2.45, 2.75) is 26.7 Å². The lowest BCUT2D eigenvalue weighted by molar-refractivity contribution is -0.137. The van der Waals surface area contributed by atoms with Crippen molar-refractivity contribution in [1.82, 2.24) is 5.32 Å². The van der Waals surface area contributed by atoms with Gasteiger partial charge in [0, 0.05) is 12.8 Å². The Bertz CT molecular complexity index is 117. The average molecular weight is 230 g/mol. The Kier molecular flexibility index (Phi) is 37.7. The number of halogens is 1. The highest BCUT2D eigenvalue weighted by atomic mass is 35.5. The van der Waals surface area contributed by atoms with Gasteiger partial charge in [-0.1, -0.05) is 13.8 Å². The average Bonchev–Trinajstić information content (AvgIpc) is 2.07. The molecule has 0 aromatic rings. The van der Waals surface area contributed by atoms with Gasteiger partial charge in [0.15, 0.2) is 0 Å². The first kappa shape index (κ1) is 23.2. The van der Waals surface area contributed by atoms with Crippen LogP contribution in [0.5, 0.6) is 0 Å². The first-order valence-corrected chi connectivity index (χ1v) is 3.98. The molecule has 0 aliphatic carbocycles. The van der Waals surface area contributed by atoms with Crippen molar-refractivity contribution >= 4 is 24.3 Å². The van der Waals surface area contributed by atoms with E-state index in [2.05, 4.69) is 5.32 Å². The first-order valence-electron chi connectivity index (χ1n) is 3.98. The van der Waals surface area contributed by atoms with Crippen LogP contribution in [0.15, 0.2) is 0 Å². The van der Waals surface area contributed by atoms with Gasteiger partial charge >= 0.3 is 11.9 Å². The van der Waals surface area contributed by atoms with Crippen LogP contribution in [-0.2, 0) is 9.59 Å². The van der Waals surface area contributed by atoms with Gasteiger partial charge in [0.25, 0.3) is 0 Å². The summed E-state index contributed by atoms with van der Waals surface area (Å²) in [5.41, 5.74) is 0. The predicted molar refractivity (Wildman–Crippen MR) is 58.1 cm³/mol. The summed E-state index contributed by atoms with van der Waals surface area (Å²) in [5, 5.41) is 18.2. The highest BCUT2D eigenvalue weighted by Crippen LogP contribution is 1.67. The van der Waals surface area contributed by atoms with Crippen LogP contribution in [0.3, 0.4) is 0 Å². The Hall–Kier alpha value is -0.810. The molecular formula is C8H20ClNO4. The van der Waals surface area contributed by atoms with Gasteiger partial charge in [-0.2, -0.15) is 0 Å². The maximum Gasteiger partial charge on any atom is 0.303 e. The molecule has 3 N–H and O–H groups in total. The molecule has 0 heterocycles. The van der Waals surface area contributed by atoms with Gasteiger partial charge < -0.3 is 15.5 Å². The maximum atomic E-state index is 9.37. The van der Waals surface area contributed by atoms with Crippen LogP contribution in [0.1, 0.15) is 26.7 Å². The van der Waals surface area contributed by atoms with Gasteiger partial charge in [0.1, 0.15) is 0 Å². The minimum atomic E-state index is -0.745. The SMILES string of the molecule is CCC(=O)O.CCC(=O)O.CNC.Cl. The van der Waals surface area contributed by atoms with Crippen LogP contribution in [0.25, 0.3) is 0 Å². The van der Waals surface area contributed by atoms with Crippen LogP contribution in [0, 0.1) is 0 Å². The Balaban J connectivity index is -0.0000000535. The fourth-order valence-corrected chi connectivity index (χ4v) is 0. The van der Waals surface area contributed by atoms with E-state index in [-0.39, 0.29) is 25.2 Å². The van der Waals surface area contributed by atoms with Gasteiger partial charge in [0.2, 0.25) is 0 Å². The fourth-order valence-electron chi connectivity index (χ4n) is 0. The number of carbonyl (C=O) groups is 2.